The van der Waals surface area contributed by atoms with Gasteiger partial charge in [0.1, 0.15) is 0 Å². The Hall–Kier alpha value is -2.84. The summed E-state index contributed by atoms with van der Waals surface area (Å²) in [4.78, 5) is 19.3. The van der Waals surface area contributed by atoms with Crippen LogP contribution in [0, 0.1) is 5.92 Å². The molecule has 1 aliphatic heterocycles. The summed E-state index contributed by atoms with van der Waals surface area (Å²) >= 11 is 0. The van der Waals surface area contributed by atoms with Crippen LogP contribution < -0.4 is 5.32 Å². The van der Waals surface area contributed by atoms with Crippen LogP contribution in [0.3, 0.4) is 0 Å². The van der Waals surface area contributed by atoms with E-state index in [1.165, 1.54) is 41.0 Å². The van der Waals surface area contributed by atoms with Gasteiger partial charge in [0.25, 0.3) is 0 Å². The zero-order valence-electron chi connectivity index (χ0n) is 21.6. The van der Waals surface area contributed by atoms with Gasteiger partial charge in [-0.15, -0.1) is 6.58 Å². The van der Waals surface area contributed by atoms with E-state index < -0.39 is 11.7 Å². The SMILES string of the molecule is C=CCN(C)CCN(Cc1ccccc1C(F)(F)F)C(=O)CNc1cccc2c1CCN(CC1CC1)C2. The number of carbonyl (C=O) groups excluding carboxylic acids is 1. The largest absolute Gasteiger partial charge is 0.416 e. The number of anilines is 1. The minimum absolute atomic E-state index is 0.0294. The Morgan fingerprint density at radius 2 is 1.95 bits per heavy atom. The molecule has 1 heterocycles. The lowest BCUT2D eigenvalue weighted by Crippen LogP contribution is -2.40. The van der Waals surface area contributed by atoms with E-state index >= 15 is 0 Å². The van der Waals surface area contributed by atoms with Crippen molar-refractivity contribution in [3.05, 3.63) is 77.4 Å². The molecule has 8 heteroatoms. The number of halogens is 3. The van der Waals surface area contributed by atoms with Gasteiger partial charge in [0.15, 0.2) is 0 Å². The van der Waals surface area contributed by atoms with Gasteiger partial charge in [0.05, 0.1) is 12.1 Å². The van der Waals surface area contributed by atoms with Crippen LogP contribution in [-0.2, 0) is 30.5 Å². The highest BCUT2D eigenvalue weighted by molar-refractivity contribution is 5.81. The second kappa shape index (κ2) is 12.1. The average Bonchev–Trinajstić information content (AvgIpc) is 3.68. The highest BCUT2D eigenvalue weighted by atomic mass is 19.4. The molecule has 1 amide bonds. The molecule has 1 N–H and O–H groups in total. The first-order valence-corrected chi connectivity index (χ1v) is 13.0. The first kappa shape index (κ1) is 27.2. The Balaban J connectivity index is 1.44. The van der Waals surface area contributed by atoms with Gasteiger partial charge >= 0.3 is 6.18 Å². The number of alkyl halides is 3. The van der Waals surface area contributed by atoms with Crippen molar-refractivity contribution < 1.29 is 18.0 Å². The van der Waals surface area contributed by atoms with Gasteiger partial charge in [0, 0.05) is 51.5 Å². The molecule has 2 aromatic carbocycles. The smallest absolute Gasteiger partial charge is 0.376 e. The first-order valence-electron chi connectivity index (χ1n) is 13.0. The maximum Gasteiger partial charge on any atom is 0.416 e. The predicted molar refractivity (Wildman–Crippen MR) is 141 cm³/mol. The fourth-order valence-corrected chi connectivity index (χ4v) is 4.97. The van der Waals surface area contributed by atoms with Crippen LogP contribution >= 0.6 is 0 Å². The molecule has 1 saturated carbocycles. The Morgan fingerprint density at radius 3 is 2.68 bits per heavy atom. The van der Waals surface area contributed by atoms with Crippen molar-refractivity contribution in [1.82, 2.24) is 14.7 Å². The maximum absolute atomic E-state index is 13.6. The molecular formula is C29H37F3N4O. The predicted octanol–water partition coefficient (Wildman–Crippen LogP) is 5.03. The van der Waals surface area contributed by atoms with Crippen LogP contribution in [0.5, 0.6) is 0 Å². The molecule has 0 radical (unpaired) electrons. The lowest BCUT2D eigenvalue weighted by atomic mass is 9.97. The first-order chi connectivity index (χ1) is 17.7. The summed E-state index contributed by atoms with van der Waals surface area (Å²) in [5.74, 6) is 0.618. The molecule has 5 nitrogen and oxygen atoms in total. The molecule has 2 aromatic rings. The standard InChI is InChI=1S/C29H37F3N4O/c1-3-14-34(2)16-17-36(21-24-7-4-5-9-26(24)29(30,31)32)28(37)18-33-27-10-6-8-23-20-35(15-13-25(23)27)19-22-11-12-22/h3-10,22,33H,1,11-21H2,2H3. The number of rotatable bonds is 12. The van der Waals surface area contributed by atoms with Crippen molar-refractivity contribution in [1.29, 1.82) is 0 Å². The van der Waals surface area contributed by atoms with Gasteiger partial charge in [-0.05, 0) is 61.1 Å². The van der Waals surface area contributed by atoms with Crippen LogP contribution in [-0.4, -0.2) is 66.9 Å². The fourth-order valence-electron chi connectivity index (χ4n) is 4.97. The van der Waals surface area contributed by atoms with Crippen LogP contribution in [0.1, 0.15) is 35.1 Å². The van der Waals surface area contributed by atoms with E-state index in [1.54, 1.807) is 12.1 Å². The van der Waals surface area contributed by atoms with Gasteiger partial charge in [-0.25, -0.2) is 0 Å². The monoisotopic (exact) mass is 514 g/mol. The van der Waals surface area contributed by atoms with Crippen molar-refractivity contribution in [3.8, 4) is 0 Å². The molecule has 0 spiro atoms. The summed E-state index contributed by atoms with van der Waals surface area (Å²) in [7, 11) is 1.90. The number of likely N-dealkylation sites (N-methyl/N-ethyl adjacent to an activating group) is 1. The van der Waals surface area contributed by atoms with Gasteiger partial charge < -0.3 is 15.1 Å². The van der Waals surface area contributed by atoms with E-state index in [2.05, 4.69) is 22.9 Å². The van der Waals surface area contributed by atoms with Crippen molar-refractivity contribution in [3.63, 3.8) is 0 Å². The molecule has 1 aliphatic carbocycles. The van der Waals surface area contributed by atoms with Crippen molar-refractivity contribution in [2.24, 2.45) is 5.92 Å². The molecule has 0 saturated heterocycles. The third-order valence-corrected chi connectivity index (χ3v) is 7.22. The maximum atomic E-state index is 13.6. The van der Waals surface area contributed by atoms with Gasteiger partial charge in [-0.3, -0.25) is 9.69 Å². The highest BCUT2D eigenvalue weighted by Gasteiger charge is 2.33. The van der Waals surface area contributed by atoms with Gasteiger partial charge in [-0.1, -0.05) is 36.4 Å². The van der Waals surface area contributed by atoms with Crippen LogP contribution in [0.4, 0.5) is 18.9 Å². The summed E-state index contributed by atoms with van der Waals surface area (Å²) < 4.78 is 40.8. The molecule has 37 heavy (non-hydrogen) atoms. The van der Waals surface area contributed by atoms with Crippen LogP contribution in [0.2, 0.25) is 0 Å². The number of nitrogens with one attached hydrogen (secondary N) is 1. The van der Waals surface area contributed by atoms with Crippen LogP contribution in [0.15, 0.2) is 55.1 Å². The number of fused-ring (bicyclic) bond motifs is 1. The van der Waals surface area contributed by atoms with E-state index in [4.69, 9.17) is 0 Å². The molecule has 0 unspecified atom stereocenters. The molecule has 4 rings (SSSR count). The lowest BCUT2D eigenvalue weighted by Gasteiger charge is -2.30. The molecular weight excluding hydrogens is 477 g/mol. The summed E-state index contributed by atoms with van der Waals surface area (Å²) in [6, 6.07) is 11.6. The Morgan fingerprint density at radius 1 is 1.16 bits per heavy atom. The lowest BCUT2D eigenvalue weighted by molar-refractivity contribution is -0.139. The fraction of sp³-hybridized carbons (Fsp3) is 0.483. The van der Waals surface area contributed by atoms with E-state index in [-0.39, 0.29) is 24.6 Å². The molecule has 2 aliphatic rings. The third-order valence-electron chi connectivity index (χ3n) is 7.22. The highest BCUT2D eigenvalue weighted by Crippen LogP contribution is 2.34. The van der Waals surface area contributed by atoms with Crippen molar-refractivity contribution in [2.45, 2.75) is 38.5 Å². The summed E-state index contributed by atoms with van der Waals surface area (Å²) in [6.45, 7) is 8.23. The Labute approximate surface area is 217 Å². The second-order valence-electron chi connectivity index (χ2n) is 10.2. The Kier molecular flexibility index (Phi) is 8.92. The number of hydrogen-bond donors (Lipinski definition) is 1. The molecule has 200 valence electrons. The Bertz CT molecular complexity index is 1080. The molecule has 0 bridgehead atoms. The van der Waals surface area contributed by atoms with E-state index in [0.717, 1.165) is 43.7 Å². The topological polar surface area (TPSA) is 38.8 Å². The number of benzene rings is 2. The van der Waals surface area contributed by atoms with E-state index in [9.17, 15) is 18.0 Å². The summed E-state index contributed by atoms with van der Waals surface area (Å²) in [6.07, 6.45) is 0.881. The third kappa shape index (κ3) is 7.58. The minimum Gasteiger partial charge on any atom is -0.376 e. The normalized spacial score (nSPS) is 15.9. The average molecular weight is 515 g/mol. The van der Waals surface area contributed by atoms with Crippen LogP contribution in [0.25, 0.3) is 0 Å². The van der Waals surface area contributed by atoms with Gasteiger partial charge in [0.2, 0.25) is 5.91 Å². The van der Waals surface area contributed by atoms with Crippen molar-refractivity contribution in [2.75, 3.05) is 51.6 Å². The van der Waals surface area contributed by atoms with Gasteiger partial charge in [-0.2, -0.15) is 13.2 Å². The minimum atomic E-state index is -4.47. The summed E-state index contributed by atoms with van der Waals surface area (Å²) in [5.41, 5.74) is 2.86. The zero-order valence-corrected chi connectivity index (χ0v) is 21.6. The molecule has 1 fully saturated rings. The number of carbonyl (C=O) groups is 1. The van der Waals surface area contributed by atoms with E-state index in [0.29, 0.717) is 19.6 Å². The van der Waals surface area contributed by atoms with E-state index in [1.807, 2.05) is 24.1 Å². The quantitative estimate of drug-likeness (QED) is 0.403. The summed E-state index contributed by atoms with van der Waals surface area (Å²) in [5, 5.41) is 3.30. The van der Waals surface area contributed by atoms with Crippen molar-refractivity contribution >= 4 is 11.6 Å². The molecule has 0 aromatic heterocycles. The number of hydrogen-bond acceptors (Lipinski definition) is 4. The number of amides is 1. The zero-order chi connectivity index (χ0) is 26.4. The number of nitrogens with zero attached hydrogens (tertiary/aromatic N) is 3. The second-order valence-corrected chi connectivity index (χ2v) is 10.2. The molecule has 0 atom stereocenters.